The highest BCUT2D eigenvalue weighted by molar-refractivity contribution is 7.94. The molecule has 0 amide bonds. The van der Waals surface area contributed by atoms with E-state index in [-0.39, 0.29) is 0 Å². The van der Waals surface area contributed by atoms with E-state index in [1.807, 2.05) is 0 Å². The Morgan fingerprint density at radius 2 is 1.69 bits per heavy atom. The monoisotopic (exact) mass is 242 g/mol. The second-order valence-corrected chi connectivity index (χ2v) is 2.15. The van der Waals surface area contributed by atoms with Crippen LogP contribution in [0.3, 0.4) is 0 Å². The summed E-state index contributed by atoms with van der Waals surface area (Å²) < 4.78 is 4.76. The van der Waals surface area contributed by atoms with Gasteiger partial charge in [0.15, 0.2) is 11.2 Å². The highest BCUT2D eigenvalue weighted by Gasteiger charge is 1.76. The van der Waals surface area contributed by atoms with Crippen LogP contribution >= 0.6 is 37.5 Å². The summed E-state index contributed by atoms with van der Waals surface area (Å²) in [6.07, 6.45) is 2.27. The van der Waals surface area contributed by atoms with Crippen molar-refractivity contribution in [3.8, 4) is 0 Å². The second-order valence-electron chi connectivity index (χ2n) is 1.53. The SMILES string of the molecule is CCCCOC=S.O=CS.O=CS. The zero-order chi connectivity index (χ0) is 10.9. The fourth-order valence-electron chi connectivity index (χ4n) is 0.276. The van der Waals surface area contributed by atoms with Crippen LogP contribution in [0.25, 0.3) is 0 Å². The van der Waals surface area contributed by atoms with Gasteiger partial charge in [-0.1, -0.05) is 13.3 Å². The molecule has 0 saturated carbocycles. The van der Waals surface area contributed by atoms with Gasteiger partial charge >= 0.3 is 0 Å². The van der Waals surface area contributed by atoms with E-state index in [2.05, 4.69) is 44.4 Å². The van der Waals surface area contributed by atoms with Gasteiger partial charge in [0, 0.05) is 0 Å². The zero-order valence-corrected chi connectivity index (χ0v) is 9.99. The van der Waals surface area contributed by atoms with Crippen LogP contribution in [-0.2, 0) is 14.3 Å². The summed E-state index contributed by atoms with van der Waals surface area (Å²) in [5.74, 6) is 0. The van der Waals surface area contributed by atoms with E-state index in [9.17, 15) is 0 Å². The minimum Gasteiger partial charge on any atom is -0.490 e. The molecule has 13 heavy (non-hydrogen) atoms. The topological polar surface area (TPSA) is 43.4 Å². The van der Waals surface area contributed by atoms with Crippen LogP contribution in [0.2, 0.25) is 0 Å². The Bertz CT molecular complexity index is 103. The lowest BCUT2D eigenvalue weighted by Crippen LogP contribution is -1.87. The van der Waals surface area contributed by atoms with Gasteiger partial charge in [-0.15, -0.1) is 25.3 Å². The van der Waals surface area contributed by atoms with Crippen molar-refractivity contribution in [1.82, 2.24) is 0 Å². The molecular formula is C7H14O3S3. The molecule has 0 N–H and O–H groups in total. The van der Waals surface area contributed by atoms with Crippen molar-refractivity contribution in [1.29, 1.82) is 0 Å². The number of hydrogen-bond donors (Lipinski definition) is 2. The van der Waals surface area contributed by atoms with Crippen LogP contribution in [0.15, 0.2) is 0 Å². The highest BCUT2D eigenvalue weighted by Crippen LogP contribution is 1.84. The fraction of sp³-hybridized carbons (Fsp3) is 0.571. The van der Waals surface area contributed by atoms with Crippen LogP contribution in [0.4, 0.5) is 0 Å². The summed E-state index contributed by atoms with van der Waals surface area (Å²) in [4.78, 5) is 17.3. The van der Waals surface area contributed by atoms with E-state index in [0.717, 1.165) is 13.0 Å². The first-order chi connectivity index (χ1) is 6.24. The van der Waals surface area contributed by atoms with Gasteiger partial charge in [-0.05, 0) is 18.6 Å². The fourth-order valence-corrected chi connectivity index (χ4v) is 0.372. The van der Waals surface area contributed by atoms with Crippen LogP contribution < -0.4 is 0 Å². The van der Waals surface area contributed by atoms with Gasteiger partial charge in [0.1, 0.15) is 5.55 Å². The Hall–Kier alpha value is -0.0700. The number of thiol groups is 2. The van der Waals surface area contributed by atoms with Crippen LogP contribution in [0, 0.1) is 0 Å². The molecular weight excluding hydrogens is 228 g/mol. The van der Waals surface area contributed by atoms with Gasteiger partial charge in [0.05, 0.1) is 6.61 Å². The van der Waals surface area contributed by atoms with E-state index >= 15 is 0 Å². The number of carbonyl (C=O) groups excluding carboxylic acids is 2. The predicted octanol–water partition coefficient (Wildman–Crippen LogP) is 1.97. The Balaban J connectivity index is -0.000000140. The lowest BCUT2D eigenvalue weighted by Gasteiger charge is -1.92. The van der Waals surface area contributed by atoms with Crippen LogP contribution in [-0.4, -0.2) is 23.4 Å². The summed E-state index contributed by atoms with van der Waals surface area (Å²) in [7, 11) is 0. The first-order valence-electron chi connectivity index (χ1n) is 3.45. The summed E-state index contributed by atoms with van der Waals surface area (Å²) in [5.41, 5.74) is 2.20. The summed E-state index contributed by atoms with van der Waals surface area (Å²) in [6, 6.07) is 0. The lowest BCUT2D eigenvalue weighted by molar-refractivity contribution is 0.318. The van der Waals surface area contributed by atoms with E-state index in [0.29, 0.717) is 11.2 Å². The molecule has 0 heterocycles. The predicted molar refractivity (Wildman–Crippen MR) is 66.0 cm³/mol. The third-order valence-corrected chi connectivity index (χ3v) is 0.820. The molecule has 0 aliphatic carbocycles. The van der Waals surface area contributed by atoms with Crippen molar-refractivity contribution in [2.24, 2.45) is 0 Å². The third-order valence-electron chi connectivity index (χ3n) is 0.684. The molecule has 0 aliphatic heterocycles. The van der Waals surface area contributed by atoms with E-state index in [4.69, 9.17) is 14.3 Å². The van der Waals surface area contributed by atoms with Crippen molar-refractivity contribution in [2.45, 2.75) is 19.8 Å². The molecule has 0 saturated heterocycles. The Morgan fingerprint density at radius 1 is 1.31 bits per heavy atom. The maximum absolute atomic E-state index is 8.67. The van der Waals surface area contributed by atoms with Crippen molar-refractivity contribution in [3.63, 3.8) is 0 Å². The average molecular weight is 242 g/mol. The number of thiocarbonyl (C=S) groups is 1. The van der Waals surface area contributed by atoms with Gasteiger partial charge in [-0.2, -0.15) is 0 Å². The maximum Gasteiger partial charge on any atom is 0.173 e. The number of hydrogen-bond acceptors (Lipinski definition) is 4. The first kappa shape index (κ1) is 18.7. The van der Waals surface area contributed by atoms with Crippen LogP contribution in [0.5, 0.6) is 0 Å². The van der Waals surface area contributed by atoms with Crippen molar-refractivity contribution in [2.75, 3.05) is 6.61 Å². The van der Waals surface area contributed by atoms with E-state index in [1.54, 1.807) is 0 Å². The summed E-state index contributed by atoms with van der Waals surface area (Å²) >= 11 is 10.6. The van der Waals surface area contributed by atoms with Crippen molar-refractivity contribution in [3.05, 3.63) is 0 Å². The molecule has 0 radical (unpaired) electrons. The molecule has 0 aromatic carbocycles. The minimum absolute atomic E-state index is 0.444. The molecule has 78 valence electrons. The third kappa shape index (κ3) is 76.2. The van der Waals surface area contributed by atoms with Crippen molar-refractivity contribution < 1.29 is 14.3 Å². The Morgan fingerprint density at radius 3 is 1.92 bits per heavy atom. The standard InChI is InChI=1S/C5H10OS.2CH2OS/c1-2-3-4-6-5-7;2*2-1-3/h5H,2-4H2,1H3;2*1H,(H,2,3). The second kappa shape index (κ2) is 29.7. The van der Waals surface area contributed by atoms with E-state index < -0.39 is 0 Å². The summed E-state index contributed by atoms with van der Waals surface area (Å²) in [5, 5.41) is 0. The van der Waals surface area contributed by atoms with Gasteiger partial charge < -0.3 is 4.74 Å². The number of unbranched alkanes of at least 4 members (excludes halogenated alkanes) is 1. The average Bonchev–Trinajstić information content (AvgIpc) is 2.08. The molecule has 0 rings (SSSR count). The molecule has 3 nitrogen and oxygen atoms in total. The molecule has 0 aromatic rings. The Labute approximate surface area is 95.0 Å². The molecule has 0 aromatic heterocycles. The number of ether oxygens (including phenoxy) is 1. The van der Waals surface area contributed by atoms with Gasteiger partial charge in [-0.25, -0.2) is 0 Å². The largest absolute Gasteiger partial charge is 0.490 e. The number of rotatable bonds is 4. The minimum atomic E-state index is 0.444. The molecule has 6 heteroatoms. The zero-order valence-electron chi connectivity index (χ0n) is 7.38. The van der Waals surface area contributed by atoms with E-state index in [1.165, 1.54) is 12.0 Å². The molecule has 0 atom stereocenters. The molecule has 0 spiro atoms. The van der Waals surface area contributed by atoms with Crippen LogP contribution in [0.1, 0.15) is 19.8 Å². The van der Waals surface area contributed by atoms with Gasteiger partial charge in [0.2, 0.25) is 0 Å². The normalized spacial score (nSPS) is 6.38. The molecule has 0 aliphatic rings. The van der Waals surface area contributed by atoms with Gasteiger partial charge in [-0.3, -0.25) is 9.59 Å². The van der Waals surface area contributed by atoms with Gasteiger partial charge in [0.25, 0.3) is 0 Å². The quantitative estimate of drug-likeness (QED) is 0.342. The molecule has 0 bridgehead atoms. The summed E-state index contributed by atoms with van der Waals surface area (Å²) in [6.45, 7) is 2.90. The highest BCUT2D eigenvalue weighted by atomic mass is 32.1. The Kier molecular flexibility index (Phi) is 42.6. The van der Waals surface area contributed by atoms with Crippen molar-refractivity contribution >= 4 is 54.3 Å². The lowest BCUT2D eigenvalue weighted by atomic mass is 10.4. The smallest absolute Gasteiger partial charge is 0.173 e. The molecule has 0 fully saturated rings. The number of carbonyl (C=O) groups is 2. The maximum atomic E-state index is 8.67. The first-order valence-corrected chi connectivity index (χ1v) is 4.96. The molecule has 0 unspecified atom stereocenters.